The number of hydrogen-bond acceptors (Lipinski definition) is 6. The van der Waals surface area contributed by atoms with Gasteiger partial charge in [0.25, 0.3) is 0 Å². The highest BCUT2D eigenvalue weighted by Gasteiger charge is 2.28. The number of hydrogen-bond donors (Lipinski definition) is 2. The number of nitrogens with one attached hydrogen (secondary N) is 1. The molecular weight excluding hydrogens is 306 g/mol. The minimum Gasteiger partial charge on any atom is -0.372 e. The summed E-state index contributed by atoms with van der Waals surface area (Å²) >= 11 is 0. The zero-order valence-electron chi connectivity index (χ0n) is 12.3. The Kier molecular flexibility index (Phi) is 4.02. The van der Waals surface area contributed by atoms with Crippen LogP contribution >= 0.6 is 0 Å². The smallest absolute Gasteiger partial charge is 0.333 e. The first-order valence-corrected chi connectivity index (χ1v) is 8.61. The Morgan fingerprint density at radius 1 is 1.45 bits per heavy atom. The van der Waals surface area contributed by atoms with Crippen molar-refractivity contribution in [2.75, 3.05) is 19.0 Å². The zero-order valence-corrected chi connectivity index (χ0v) is 13.1. The maximum absolute atomic E-state index is 10.9. The molecule has 1 aliphatic rings. The van der Waals surface area contributed by atoms with Crippen LogP contribution in [0.4, 0.5) is 5.82 Å². The van der Waals surface area contributed by atoms with E-state index in [0.717, 1.165) is 36.1 Å². The van der Waals surface area contributed by atoms with Crippen molar-refractivity contribution in [1.29, 1.82) is 0 Å². The van der Waals surface area contributed by atoms with Crippen molar-refractivity contribution in [3.8, 4) is 0 Å². The molecule has 3 N–H and O–H groups in total. The third kappa shape index (κ3) is 3.06. The van der Waals surface area contributed by atoms with E-state index in [0.29, 0.717) is 0 Å². The van der Waals surface area contributed by atoms with Gasteiger partial charge in [-0.15, -0.1) is 0 Å². The Labute approximate surface area is 128 Å². The number of nitrogens with zero attached hydrogens (tertiary/aromatic N) is 3. The quantitative estimate of drug-likeness (QED) is 0.849. The van der Waals surface area contributed by atoms with Crippen LogP contribution in [-0.4, -0.2) is 36.6 Å². The number of anilines is 1. The minimum atomic E-state index is -3.86. The second kappa shape index (κ2) is 5.82. The van der Waals surface area contributed by atoms with Crippen LogP contribution in [0.1, 0.15) is 25.3 Å². The zero-order chi connectivity index (χ0) is 15.7. The second-order valence-corrected chi connectivity index (χ2v) is 6.76. The summed E-state index contributed by atoms with van der Waals surface area (Å²) in [4.78, 5) is 8.57. The molecule has 1 aliphatic carbocycles. The van der Waals surface area contributed by atoms with Gasteiger partial charge in [0.15, 0.2) is 0 Å². The lowest BCUT2D eigenvalue weighted by atomic mass is 10.1. The van der Waals surface area contributed by atoms with Crippen molar-refractivity contribution in [3.63, 3.8) is 0 Å². The third-order valence-electron chi connectivity index (χ3n) is 4.12. The van der Waals surface area contributed by atoms with Crippen LogP contribution in [0.2, 0.25) is 0 Å². The summed E-state index contributed by atoms with van der Waals surface area (Å²) in [7, 11) is -2.03. The maximum atomic E-state index is 10.9. The fraction of sp³-hybridized carbons (Fsp3) is 0.538. The number of rotatable bonds is 5. The average molecular weight is 325 g/mol. The Hall–Kier alpha value is -1.71. The van der Waals surface area contributed by atoms with E-state index in [1.54, 1.807) is 6.33 Å². The predicted molar refractivity (Wildman–Crippen MR) is 82.5 cm³/mol. The molecule has 0 aliphatic heterocycles. The Morgan fingerprint density at radius 2 is 2.27 bits per heavy atom. The van der Waals surface area contributed by atoms with E-state index in [4.69, 9.17) is 9.32 Å². The first-order valence-electron chi connectivity index (χ1n) is 7.14. The summed E-state index contributed by atoms with van der Waals surface area (Å²) in [6.07, 6.45) is 6.26. The van der Waals surface area contributed by atoms with Gasteiger partial charge in [-0.3, -0.25) is 4.18 Å². The molecule has 8 nitrogen and oxygen atoms in total. The van der Waals surface area contributed by atoms with Gasteiger partial charge in [0, 0.05) is 19.3 Å². The van der Waals surface area contributed by atoms with Gasteiger partial charge >= 0.3 is 10.3 Å². The number of aromatic nitrogens is 3. The van der Waals surface area contributed by atoms with E-state index in [1.165, 1.54) is 0 Å². The molecule has 2 heterocycles. The second-order valence-electron chi connectivity index (χ2n) is 5.54. The Balaban J connectivity index is 1.76. The van der Waals surface area contributed by atoms with Crippen LogP contribution in [-0.2, 0) is 14.5 Å². The van der Waals surface area contributed by atoms with E-state index in [2.05, 4.69) is 19.9 Å². The first-order chi connectivity index (χ1) is 10.5. The summed E-state index contributed by atoms with van der Waals surface area (Å²) in [6, 6.07) is 2.28. The van der Waals surface area contributed by atoms with Gasteiger partial charge in [0.1, 0.15) is 17.8 Å². The molecule has 0 radical (unpaired) electrons. The van der Waals surface area contributed by atoms with Gasteiger partial charge in [-0.1, -0.05) is 0 Å². The van der Waals surface area contributed by atoms with Gasteiger partial charge in [-0.2, -0.15) is 8.42 Å². The highest BCUT2D eigenvalue weighted by atomic mass is 32.2. The summed E-state index contributed by atoms with van der Waals surface area (Å²) in [5, 5.41) is 8.91. The summed E-state index contributed by atoms with van der Waals surface area (Å²) in [5.41, 5.74) is 0.886. The first kappa shape index (κ1) is 15.2. The van der Waals surface area contributed by atoms with Crippen molar-refractivity contribution < 1.29 is 12.6 Å². The molecule has 1 fully saturated rings. The molecule has 0 amide bonds. The lowest BCUT2D eigenvalue weighted by Gasteiger charge is -2.14. The Morgan fingerprint density at radius 3 is 3.00 bits per heavy atom. The van der Waals surface area contributed by atoms with Crippen molar-refractivity contribution >= 4 is 27.2 Å². The van der Waals surface area contributed by atoms with Crippen LogP contribution < -0.4 is 10.5 Å². The lowest BCUT2D eigenvalue weighted by molar-refractivity contribution is 0.253. The van der Waals surface area contributed by atoms with Crippen molar-refractivity contribution in [1.82, 2.24) is 14.5 Å². The number of nitrogens with two attached hydrogens (primary N) is 1. The van der Waals surface area contributed by atoms with Crippen molar-refractivity contribution in [3.05, 3.63) is 18.6 Å². The molecule has 22 heavy (non-hydrogen) atoms. The van der Waals surface area contributed by atoms with E-state index in [1.807, 2.05) is 19.3 Å². The van der Waals surface area contributed by atoms with Gasteiger partial charge < -0.3 is 9.88 Å². The highest BCUT2D eigenvalue weighted by Crippen LogP contribution is 2.37. The lowest BCUT2D eigenvalue weighted by Crippen LogP contribution is -2.19. The van der Waals surface area contributed by atoms with E-state index in [9.17, 15) is 8.42 Å². The van der Waals surface area contributed by atoms with Crippen molar-refractivity contribution in [2.45, 2.75) is 25.3 Å². The summed E-state index contributed by atoms with van der Waals surface area (Å²) in [5.74, 6) is 0.988. The Bertz CT molecular complexity index is 773. The third-order valence-corrected chi connectivity index (χ3v) is 4.59. The van der Waals surface area contributed by atoms with Crippen LogP contribution in [0, 0.1) is 5.92 Å². The minimum absolute atomic E-state index is 0.144. The molecule has 9 heteroatoms. The fourth-order valence-electron chi connectivity index (χ4n) is 3.11. The standard InChI is InChI=1S/C13H19N5O3S/c1-15-12-11-4-5-18(13(11)17-8-16-12)10-3-2-9(6-10)7-21-22(14,19)20/h4-5,8-10H,2-3,6-7H2,1H3,(H2,14,19,20)(H,15,16,17)/t9-,10-/m0/s1. The van der Waals surface area contributed by atoms with E-state index >= 15 is 0 Å². The van der Waals surface area contributed by atoms with Crippen LogP contribution in [0.15, 0.2) is 18.6 Å². The molecule has 0 spiro atoms. The molecule has 0 unspecified atom stereocenters. The number of fused-ring (bicyclic) bond motifs is 1. The molecule has 1 saturated carbocycles. The largest absolute Gasteiger partial charge is 0.372 e. The van der Waals surface area contributed by atoms with Crippen LogP contribution in [0.25, 0.3) is 11.0 Å². The molecule has 2 atom stereocenters. The molecule has 2 aromatic rings. The molecule has 0 saturated heterocycles. The van der Waals surface area contributed by atoms with E-state index < -0.39 is 10.3 Å². The van der Waals surface area contributed by atoms with Gasteiger partial charge in [0.2, 0.25) is 0 Å². The maximum Gasteiger partial charge on any atom is 0.333 e. The molecular formula is C13H19N5O3S. The van der Waals surface area contributed by atoms with Gasteiger partial charge in [-0.25, -0.2) is 15.1 Å². The predicted octanol–water partition coefficient (Wildman–Crippen LogP) is 1.03. The molecule has 3 rings (SSSR count). The summed E-state index contributed by atoms with van der Waals surface area (Å²) < 4.78 is 28.6. The molecule has 0 aromatic carbocycles. The summed E-state index contributed by atoms with van der Waals surface area (Å²) in [6.45, 7) is 0.144. The average Bonchev–Trinajstić information content (AvgIpc) is 3.10. The molecule has 120 valence electrons. The van der Waals surface area contributed by atoms with Crippen LogP contribution in [0.5, 0.6) is 0 Å². The van der Waals surface area contributed by atoms with Crippen molar-refractivity contribution in [2.24, 2.45) is 11.1 Å². The fourth-order valence-corrected chi connectivity index (χ4v) is 3.49. The van der Waals surface area contributed by atoms with E-state index in [-0.39, 0.29) is 18.6 Å². The normalized spacial score (nSPS) is 22.3. The SMILES string of the molecule is CNc1ncnc2c1ccn2[C@H]1CC[C@H](COS(N)(=O)=O)C1. The topological polar surface area (TPSA) is 112 Å². The van der Waals surface area contributed by atoms with Gasteiger partial charge in [-0.05, 0) is 31.2 Å². The molecule has 2 aromatic heterocycles. The van der Waals surface area contributed by atoms with Gasteiger partial charge in [0.05, 0.1) is 12.0 Å². The van der Waals surface area contributed by atoms with Crippen LogP contribution in [0.3, 0.4) is 0 Å². The monoisotopic (exact) mass is 325 g/mol. The molecule has 0 bridgehead atoms. The highest BCUT2D eigenvalue weighted by molar-refractivity contribution is 7.84.